The molecule has 5 heteroatoms. The number of hydrogen-bond acceptors (Lipinski definition) is 2. The fraction of sp³-hybridized carbons (Fsp3) is 0.625. The number of halogens is 1. The highest BCUT2D eigenvalue weighted by Crippen LogP contribution is 2.11. The van der Waals surface area contributed by atoms with Crippen LogP contribution in [0.3, 0.4) is 0 Å². The first-order valence-corrected chi connectivity index (χ1v) is 7.74. The van der Waals surface area contributed by atoms with Gasteiger partial charge < -0.3 is 19.6 Å². The van der Waals surface area contributed by atoms with Gasteiger partial charge in [-0.25, -0.2) is 4.39 Å². The molecule has 0 saturated carbocycles. The van der Waals surface area contributed by atoms with Crippen LogP contribution in [0.2, 0.25) is 0 Å². The van der Waals surface area contributed by atoms with E-state index in [1.807, 2.05) is 0 Å². The zero-order valence-electron chi connectivity index (χ0n) is 12.9. The van der Waals surface area contributed by atoms with Crippen molar-refractivity contribution in [2.75, 3.05) is 40.3 Å². The van der Waals surface area contributed by atoms with Crippen molar-refractivity contribution in [1.82, 2.24) is 0 Å². The van der Waals surface area contributed by atoms with Gasteiger partial charge in [0, 0.05) is 12.8 Å². The van der Waals surface area contributed by atoms with Gasteiger partial charge in [0.05, 0.1) is 33.2 Å². The Bertz CT molecular complexity index is 419. The molecule has 0 bridgehead atoms. The molecule has 1 aliphatic heterocycles. The quantitative estimate of drug-likeness (QED) is 0.614. The number of likely N-dealkylation sites (N-methyl/N-ethyl adjacent to an activating group) is 1. The molecular formula is C16H27FN2O2+2. The third kappa shape index (κ3) is 5.26. The Balaban J connectivity index is 1.71. The maximum atomic E-state index is 12.8. The zero-order chi connectivity index (χ0) is 15.2. The fourth-order valence-corrected chi connectivity index (χ4v) is 2.92. The molecule has 0 radical (unpaired) electrons. The number of piperidine rings is 1. The van der Waals surface area contributed by atoms with E-state index in [2.05, 4.69) is 14.1 Å². The maximum absolute atomic E-state index is 12.8. The summed E-state index contributed by atoms with van der Waals surface area (Å²) in [7, 11) is 4.38. The van der Waals surface area contributed by atoms with Crippen LogP contribution in [-0.4, -0.2) is 57.6 Å². The van der Waals surface area contributed by atoms with Crippen molar-refractivity contribution >= 4 is 0 Å². The predicted molar refractivity (Wildman–Crippen MR) is 79.3 cm³/mol. The van der Waals surface area contributed by atoms with Gasteiger partial charge in [-0.05, 0) is 24.3 Å². The number of ether oxygens (including phenoxy) is 1. The summed E-state index contributed by atoms with van der Waals surface area (Å²) >= 11 is 0. The lowest BCUT2D eigenvalue weighted by Crippen LogP contribution is -3.18. The number of nitrogens with one attached hydrogen (secondary N) is 2. The molecule has 1 aromatic carbocycles. The van der Waals surface area contributed by atoms with Crippen molar-refractivity contribution in [3.63, 3.8) is 0 Å². The minimum absolute atomic E-state index is 0.251. The van der Waals surface area contributed by atoms with Gasteiger partial charge >= 0.3 is 0 Å². The van der Waals surface area contributed by atoms with Gasteiger partial charge in [0.2, 0.25) is 0 Å². The molecule has 1 fully saturated rings. The number of hydrogen-bond donors (Lipinski definition) is 3. The molecule has 1 aromatic rings. The molecule has 2 atom stereocenters. The lowest BCUT2D eigenvalue weighted by atomic mass is 10.0. The number of aliphatic hydroxyl groups excluding tert-OH is 1. The highest BCUT2D eigenvalue weighted by molar-refractivity contribution is 5.22. The molecule has 2 rings (SSSR count). The molecule has 1 heterocycles. The Morgan fingerprint density at radius 3 is 2.57 bits per heavy atom. The van der Waals surface area contributed by atoms with Crippen molar-refractivity contribution in [3.05, 3.63) is 30.1 Å². The second-order valence-corrected chi connectivity index (χ2v) is 6.20. The van der Waals surface area contributed by atoms with E-state index in [9.17, 15) is 9.50 Å². The lowest BCUT2D eigenvalue weighted by Gasteiger charge is -2.31. The second-order valence-electron chi connectivity index (χ2n) is 6.20. The van der Waals surface area contributed by atoms with Gasteiger partial charge in [-0.15, -0.1) is 0 Å². The number of quaternary nitrogens is 2. The molecule has 1 aliphatic rings. The molecule has 118 valence electrons. The Kier molecular flexibility index (Phi) is 5.96. The smallest absolute Gasteiger partial charge is 0.137 e. The van der Waals surface area contributed by atoms with Crippen LogP contribution in [0.5, 0.6) is 5.75 Å². The standard InChI is InChI=1S/C16H25FN2O2/c1-18-9-7-14(8-10-18)19(2)11-15(20)12-21-16-5-3-13(17)4-6-16/h3-6,14-15,20H,7-12H2,1-2H3/p+2/t15-/m1/s1. The molecule has 1 unspecified atom stereocenters. The third-order valence-corrected chi connectivity index (χ3v) is 4.35. The van der Waals surface area contributed by atoms with E-state index in [1.54, 1.807) is 17.0 Å². The topological polar surface area (TPSA) is 38.3 Å². The average molecular weight is 298 g/mol. The van der Waals surface area contributed by atoms with E-state index in [0.717, 1.165) is 0 Å². The lowest BCUT2D eigenvalue weighted by molar-refractivity contribution is -0.941. The van der Waals surface area contributed by atoms with E-state index in [-0.39, 0.29) is 12.4 Å². The summed E-state index contributed by atoms with van der Waals surface area (Å²) in [5.41, 5.74) is 0. The van der Waals surface area contributed by atoms with Crippen LogP contribution >= 0.6 is 0 Å². The van der Waals surface area contributed by atoms with Crippen LogP contribution in [-0.2, 0) is 0 Å². The van der Waals surface area contributed by atoms with E-state index in [1.165, 1.54) is 43.0 Å². The Morgan fingerprint density at radius 1 is 1.33 bits per heavy atom. The normalized spacial score (nSPS) is 25.3. The largest absolute Gasteiger partial charge is 0.491 e. The Hall–Kier alpha value is -1.17. The average Bonchev–Trinajstić information content (AvgIpc) is 2.47. The molecule has 0 amide bonds. The van der Waals surface area contributed by atoms with Gasteiger partial charge in [-0.3, -0.25) is 0 Å². The van der Waals surface area contributed by atoms with Gasteiger partial charge in [0.15, 0.2) is 0 Å². The van der Waals surface area contributed by atoms with Crippen molar-refractivity contribution in [3.8, 4) is 5.75 Å². The molecule has 4 nitrogen and oxygen atoms in total. The second kappa shape index (κ2) is 7.73. The Morgan fingerprint density at radius 2 is 1.95 bits per heavy atom. The minimum atomic E-state index is -0.498. The summed E-state index contributed by atoms with van der Waals surface area (Å²) < 4.78 is 18.3. The van der Waals surface area contributed by atoms with E-state index >= 15 is 0 Å². The fourth-order valence-electron chi connectivity index (χ4n) is 2.92. The van der Waals surface area contributed by atoms with Gasteiger partial charge in [-0.1, -0.05) is 0 Å². The Labute approximate surface area is 126 Å². The van der Waals surface area contributed by atoms with Crippen molar-refractivity contribution < 1.29 is 24.0 Å². The summed E-state index contributed by atoms with van der Waals surface area (Å²) in [6.07, 6.45) is 1.92. The number of benzene rings is 1. The van der Waals surface area contributed by atoms with E-state index < -0.39 is 6.10 Å². The number of rotatable bonds is 6. The van der Waals surface area contributed by atoms with Crippen LogP contribution in [0.25, 0.3) is 0 Å². The van der Waals surface area contributed by atoms with Gasteiger partial charge in [0.1, 0.15) is 30.8 Å². The van der Waals surface area contributed by atoms with Gasteiger partial charge in [0.25, 0.3) is 0 Å². The molecule has 3 N–H and O–H groups in total. The molecular weight excluding hydrogens is 271 g/mol. The third-order valence-electron chi connectivity index (χ3n) is 4.35. The number of aliphatic hydroxyl groups is 1. The van der Waals surface area contributed by atoms with Crippen LogP contribution in [0.15, 0.2) is 24.3 Å². The van der Waals surface area contributed by atoms with Crippen molar-refractivity contribution in [1.29, 1.82) is 0 Å². The monoisotopic (exact) mass is 298 g/mol. The van der Waals surface area contributed by atoms with Crippen LogP contribution in [0.1, 0.15) is 12.8 Å². The van der Waals surface area contributed by atoms with Gasteiger partial charge in [-0.2, -0.15) is 0 Å². The van der Waals surface area contributed by atoms with E-state index in [4.69, 9.17) is 4.74 Å². The summed E-state index contributed by atoms with van der Waals surface area (Å²) in [6, 6.07) is 6.52. The SMILES string of the molecule is C[NH+]1CCC([NH+](C)C[C@@H](O)COc2ccc(F)cc2)CC1. The first-order chi connectivity index (χ1) is 10.0. The van der Waals surface area contributed by atoms with E-state index in [0.29, 0.717) is 18.3 Å². The maximum Gasteiger partial charge on any atom is 0.137 e. The summed E-state index contributed by atoms with van der Waals surface area (Å²) in [5.74, 6) is 0.312. The number of likely N-dealkylation sites (tertiary alicyclic amines) is 1. The minimum Gasteiger partial charge on any atom is -0.491 e. The zero-order valence-corrected chi connectivity index (χ0v) is 12.9. The first-order valence-electron chi connectivity index (χ1n) is 7.74. The molecule has 0 spiro atoms. The predicted octanol–water partition coefficient (Wildman–Crippen LogP) is -1.24. The van der Waals surface area contributed by atoms with Crippen molar-refractivity contribution in [2.24, 2.45) is 0 Å². The van der Waals surface area contributed by atoms with Crippen molar-refractivity contribution in [2.45, 2.75) is 25.0 Å². The van der Waals surface area contributed by atoms with Crippen LogP contribution in [0, 0.1) is 5.82 Å². The summed E-state index contributed by atoms with van der Waals surface area (Å²) in [4.78, 5) is 2.97. The van der Waals surface area contributed by atoms with Crippen LogP contribution < -0.4 is 14.5 Å². The highest BCUT2D eigenvalue weighted by atomic mass is 19.1. The first kappa shape index (κ1) is 16.2. The molecule has 0 aromatic heterocycles. The molecule has 1 saturated heterocycles. The summed E-state index contributed by atoms with van der Waals surface area (Å²) in [6.45, 7) is 3.36. The highest BCUT2D eigenvalue weighted by Gasteiger charge is 2.27. The molecule has 0 aliphatic carbocycles. The molecule has 21 heavy (non-hydrogen) atoms. The van der Waals surface area contributed by atoms with Crippen LogP contribution in [0.4, 0.5) is 4.39 Å². The summed E-state index contributed by atoms with van der Waals surface area (Å²) in [5, 5.41) is 10.1.